The molecule has 4 nitrogen and oxygen atoms in total. The molecule has 0 radical (unpaired) electrons. The molecule has 0 atom stereocenters. The standard InChI is InChI=1S/C15H15ClN3OP/c1-19-9-11(10-6-4-5-7-12(10)19)14-13(21(2,3)20)8-17-15(16)18-14/h4-9H,1-3H3. The molecule has 0 aliphatic heterocycles. The molecule has 0 aliphatic carbocycles. The average Bonchev–Trinajstić information content (AvgIpc) is 2.75. The molecule has 0 unspecified atom stereocenters. The van der Waals surface area contributed by atoms with Gasteiger partial charge in [0.05, 0.1) is 11.0 Å². The number of rotatable bonds is 2. The van der Waals surface area contributed by atoms with Crippen molar-refractivity contribution in [3.05, 3.63) is 41.9 Å². The Morgan fingerprint density at radius 2 is 1.95 bits per heavy atom. The van der Waals surface area contributed by atoms with Crippen LogP contribution in [0.1, 0.15) is 0 Å². The summed E-state index contributed by atoms with van der Waals surface area (Å²) in [5.74, 6) is 0. The zero-order chi connectivity index (χ0) is 15.2. The summed E-state index contributed by atoms with van der Waals surface area (Å²) < 4.78 is 14.6. The van der Waals surface area contributed by atoms with Gasteiger partial charge in [-0.2, -0.15) is 0 Å². The second-order valence-corrected chi connectivity index (χ2v) is 8.92. The minimum atomic E-state index is -2.50. The van der Waals surface area contributed by atoms with Crippen molar-refractivity contribution in [1.29, 1.82) is 0 Å². The summed E-state index contributed by atoms with van der Waals surface area (Å²) in [5.41, 5.74) is 2.67. The fourth-order valence-corrected chi connectivity index (χ4v) is 3.63. The van der Waals surface area contributed by atoms with E-state index in [0.29, 0.717) is 11.0 Å². The number of fused-ring (bicyclic) bond motifs is 1. The van der Waals surface area contributed by atoms with Gasteiger partial charge in [-0.3, -0.25) is 0 Å². The number of aryl methyl sites for hydroxylation is 1. The Labute approximate surface area is 128 Å². The number of hydrogen-bond acceptors (Lipinski definition) is 3. The summed E-state index contributed by atoms with van der Waals surface area (Å²) in [6.07, 6.45) is 3.57. The minimum absolute atomic E-state index is 0.162. The number of benzene rings is 1. The van der Waals surface area contributed by atoms with E-state index in [2.05, 4.69) is 9.97 Å². The van der Waals surface area contributed by atoms with E-state index in [4.69, 9.17) is 11.6 Å². The van der Waals surface area contributed by atoms with Gasteiger partial charge in [-0.1, -0.05) is 18.2 Å². The molecular formula is C15H15ClN3OP. The third kappa shape index (κ3) is 2.50. The minimum Gasteiger partial charge on any atom is -0.350 e. The van der Waals surface area contributed by atoms with Crippen LogP contribution < -0.4 is 5.30 Å². The van der Waals surface area contributed by atoms with Gasteiger partial charge < -0.3 is 9.13 Å². The number of hydrogen-bond donors (Lipinski definition) is 0. The molecule has 21 heavy (non-hydrogen) atoms. The third-order valence-corrected chi connectivity index (χ3v) is 5.14. The van der Waals surface area contributed by atoms with Crippen LogP contribution in [-0.2, 0) is 11.6 Å². The number of nitrogens with zero attached hydrogens (tertiary/aromatic N) is 3. The van der Waals surface area contributed by atoms with Gasteiger partial charge in [0.25, 0.3) is 0 Å². The third-order valence-electron chi connectivity index (χ3n) is 3.47. The quantitative estimate of drug-likeness (QED) is 0.536. The summed E-state index contributed by atoms with van der Waals surface area (Å²) >= 11 is 5.96. The number of para-hydroxylation sites is 1. The lowest BCUT2D eigenvalue weighted by atomic mass is 10.1. The van der Waals surface area contributed by atoms with Gasteiger partial charge in [0.2, 0.25) is 5.28 Å². The molecule has 2 aromatic heterocycles. The highest BCUT2D eigenvalue weighted by Gasteiger charge is 2.22. The first kappa shape index (κ1) is 14.3. The maximum absolute atomic E-state index is 12.5. The zero-order valence-corrected chi connectivity index (χ0v) is 13.7. The van der Waals surface area contributed by atoms with Gasteiger partial charge in [-0.15, -0.1) is 0 Å². The van der Waals surface area contributed by atoms with Gasteiger partial charge >= 0.3 is 0 Å². The SMILES string of the molecule is Cn1cc(-c2nc(Cl)ncc2P(C)(C)=O)c2ccccc21. The Kier molecular flexibility index (Phi) is 3.39. The maximum atomic E-state index is 12.5. The van der Waals surface area contributed by atoms with E-state index in [1.807, 2.05) is 42.1 Å². The molecule has 6 heteroatoms. The average molecular weight is 320 g/mol. The smallest absolute Gasteiger partial charge is 0.222 e. The lowest BCUT2D eigenvalue weighted by Gasteiger charge is -2.11. The van der Waals surface area contributed by atoms with Crippen molar-refractivity contribution in [3.63, 3.8) is 0 Å². The monoisotopic (exact) mass is 319 g/mol. The van der Waals surface area contributed by atoms with Crippen molar-refractivity contribution in [3.8, 4) is 11.3 Å². The summed E-state index contributed by atoms with van der Waals surface area (Å²) in [5, 5.41) is 1.88. The summed E-state index contributed by atoms with van der Waals surface area (Å²) in [4.78, 5) is 8.34. The molecule has 3 aromatic rings. The molecule has 2 heterocycles. The van der Waals surface area contributed by atoms with Gasteiger partial charge in [0.15, 0.2) is 0 Å². The van der Waals surface area contributed by atoms with Crippen LogP contribution in [0.15, 0.2) is 36.7 Å². The van der Waals surface area contributed by atoms with Crippen molar-refractivity contribution < 1.29 is 4.57 Å². The summed E-state index contributed by atoms with van der Waals surface area (Å²) in [6.45, 7) is 3.43. The Balaban J connectivity index is 2.38. The van der Waals surface area contributed by atoms with Crippen LogP contribution >= 0.6 is 18.7 Å². The van der Waals surface area contributed by atoms with E-state index >= 15 is 0 Å². The fourth-order valence-electron chi connectivity index (χ4n) is 2.48. The van der Waals surface area contributed by atoms with Crippen molar-refractivity contribution in [2.24, 2.45) is 7.05 Å². The Hall–Kier alpha value is -1.64. The van der Waals surface area contributed by atoms with Gasteiger partial charge in [0, 0.05) is 35.9 Å². The predicted molar refractivity (Wildman–Crippen MR) is 88.0 cm³/mol. The second kappa shape index (κ2) is 4.97. The maximum Gasteiger partial charge on any atom is 0.222 e. The highest BCUT2D eigenvalue weighted by molar-refractivity contribution is 7.70. The van der Waals surface area contributed by atoms with E-state index in [1.54, 1.807) is 19.5 Å². The molecule has 1 aromatic carbocycles. The van der Waals surface area contributed by atoms with Gasteiger partial charge in [-0.25, -0.2) is 9.97 Å². The van der Waals surface area contributed by atoms with Crippen molar-refractivity contribution >= 4 is 35.0 Å². The molecule has 0 aliphatic rings. The molecule has 0 amide bonds. The molecule has 0 saturated heterocycles. The van der Waals surface area contributed by atoms with Crippen molar-refractivity contribution in [1.82, 2.24) is 14.5 Å². The molecule has 3 rings (SSSR count). The van der Waals surface area contributed by atoms with Crippen LogP contribution in [0.2, 0.25) is 5.28 Å². The van der Waals surface area contributed by atoms with E-state index < -0.39 is 7.14 Å². The lowest BCUT2D eigenvalue weighted by molar-refractivity contribution is 0.588. The number of halogens is 1. The molecule has 0 saturated carbocycles. The van der Waals surface area contributed by atoms with Crippen molar-refractivity contribution in [2.75, 3.05) is 13.3 Å². The molecule has 0 spiro atoms. The first-order valence-corrected chi connectivity index (χ1v) is 9.48. The van der Waals surface area contributed by atoms with Crippen molar-refractivity contribution in [2.45, 2.75) is 0 Å². The normalized spacial score (nSPS) is 12.0. The predicted octanol–water partition coefficient (Wildman–Crippen LogP) is 3.54. The summed E-state index contributed by atoms with van der Waals surface area (Å²) in [7, 11) is -0.525. The Morgan fingerprint density at radius 1 is 1.24 bits per heavy atom. The molecule has 0 N–H and O–H groups in total. The molecular weight excluding hydrogens is 305 g/mol. The largest absolute Gasteiger partial charge is 0.350 e. The topological polar surface area (TPSA) is 47.8 Å². The van der Waals surface area contributed by atoms with Gasteiger partial charge in [0.1, 0.15) is 7.14 Å². The second-order valence-electron chi connectivity index (χ2n) is 5.39. The first-order valence-electron chi connectivity index (χ1n) is 6.50. The van der Waals surface area contributed by atoms with E-state index in [0.717, 1.165) is 16.5 Å². The van der Waals surface area contributed by atoms with E-state index in [1.165, 1.54) is 0 Å². The van der Waals surface area contributed by atoms with Gasteiger partial charge in [-0.05, 0) is 31.0 Å². The highest BCUT2D eigenvalue weighted by Crippen LogP contribution is 2.40. The van der Waals surface area contributed by atoms with Crippen LogP contribution in [0, 0.1) is 0 Å². The number of aromatic nitrogens is 3. The molecule has 0 bridgehead atoms. The molecule has 0 fully saturated rings. The van der Waals surface area contributed by atoms with E-state index in [-0.39, 0.29) is 5.28 Å². The van der Waals surface area contributed by atoms with Crippen LogP contribution in [-0.4, -0.2) is 27.9 Å². The van der Waals surface area contributed by atoms with Crippen LogP contribution in [0.5, 0.6) is 0 Å². The summed E-state index contributed by atoms with van der Waals surface area (Å²) in [6, 6.07) is 8.04. The zero-order valence-electron chi connectivity index (χ0n) is 12.0. The Bertz CT molecular complexity index is 882. The van der Waals surface area contributed by atoms with Crippen LogP contribution in [0.25, 0.3) is 22.2 Å². The van der Waals surface area contributed by atoms with Crippen LogP contribution in [0.4, 0.5) is 0 Å². The molecule has 108 valence electrons. The van der Waals surface area contributed by atoms with Crippen LogP contribution in [0.3, 0.4) is 0 Å². The highest BCUT2D eigenvalue weighted by atomic mass is 35.5. The fraction of sp³-hybridized carbons (Fsp3) is 0.200. The van der Waals surface area contributed by atoms with E-state index in [9.17, 15) is 4.57 Å². The Morgan fingerprint density at radius 3 is 2.67 bits per heavy atom. The lowest BCUT2D eigenvalue weighted by Crippen LogP contribution is -2.11. The first-order chi connectivity index (χ1) is 9.88.